The Labute approximate surface area is 130 Å². The average molecular weight is 298 g/mol. The number of hydrogen-bond acceptors (Lipinski definition) is 3. The Balaban J connectivity index is 1.83. The second-order valence-corrected chi connectivity index (χ2v) is 6.54. The highest BCUT2D eigenvalue weighted by Gasteiger charge is 2.33. The van der Waals surface area contributed by atoms with Gasteiger partial charge in [-0.25, -0.2) is 0 Å². The number of furan rings is 1. The summed E-state index contributed by atoms with van der Waals surface area (Å²) in [6, 6.07) is 10.1. The van der Waals surface area contributed by atoms with Crippen molar-refractivity contribution in [3.63, 3.8) is 0 Å². The average Bonchev–Trinajstić information content (AvgIpc) is 2.99. The lowest BCUT2D eigenvalue weighted by Gasteiger charge is -2.37. The summed E-state index contributed by atoms with van der Waals surface area (Å²) >= 11 is 0. The van der Waals surface area contributed by atoms with E-state index in [4.69, 9.17) is 10.2 Å². The van der Waals surface area contributed by atoms with E-state index in [0.717, 1.165) is 12.8 Å². The third-order valence-corrected chi connectivity index (χ3v) is 4.55. The molecule has 2 aromatic rings. The molecule has 1 aliphatic rings. The van der Waals surface area contributed by atoms with Gasteiger partial charge in [0.2, 0.25) is 0 Å². The number of hydrogen-bond donors (Lipinski definition) is 2. The van der Waals surface area contributed by atoms with E-state index >= 15 is 0 Å². The predicted octanol–water partition coefficient (Wildman–Crippen LogP) is 3.28. The maximum atomic E-state index is 12.4. The lowest BCUT2D eigenvalue weighted by atomic mass is 9.71. The third-order valence-electron chi connectivity index (χ3n) is 4.55. The molecule has 1 aliphatic carbocycles. The Kier molecular flexibility index (Phi) is 3.79. The molecule has 1 atom stereocenters. The number of nitrogens with two attached hydrogens (primary N) is 1. The summed E-state index contributed by atoms with van der Waals surface area (Å²) in [4.78, 5) is 12.4. The van der Waals surface area contributed by atoms with Crippen molar-refractivity contribution >= 4 is 5.91 Å². The molecule has 3 rings (SSSR count). The molecule has 116 valence electrons. The molecule has 0 spiro atoms. The lowest BCUT2D eigenvalue weighted by molar-refractivity contribution is 0.0929. The van der Waals surface area contributed by atoms with Gasteiger partial charge in [0.25, 0.3) is 5.91 Å². The number of fused-ring (bicyclic) bond motifs is 1. The van der Waals surface area contributed by atoms with Crippen molar-refractivity contribution < 1.29 is 9.21 Å². The van der Waals surface area contributed by atoms with E-state index < -0.39 is 0 Å². The fourth-order valence-corrected chi connectivity index (χ4v) is 3.21. The third kappa shape index (κ3) is 2.66. The lowest BCUT2D eigenvalue weighted by Crippen LogP contribution is -2.35. The minimum atomic E-state index is -0.108. The molecular weight excluding hydrogens is 276 g/mol. The summed E-state index contributed by atoms with van der Waals surface area (Å²) in [5.41, 5.74) is 8.74. The largest absolute Gasteiger partial charge is 0.467 e. The van der Waals surface area contributed by atoms with E-state index in [1.165, 1.54) is 17.4 Å². The minimum absolute atomic E-state index is 0.0490. The van der Waals surface area contributed by atoms with Gasteiger partial charge < -0.3 is 15.5 Å². The molecule has 1 aromatic heterocycles. The summed E-state index contributed by atoms with van der Waals surface area (Å²) in [5.74, 6) is 0.512. The van der Waals surface area contributed by atoms with Crippen molar-refractivity contribution in [3.8, 4) is 0 Å². The van der Waals surface area contributed by atoms with Gasteiger partial charge in [-0.2, -0.15) is 0 Å². The topological polar surface area (TPSA) is 68.3 Å². The van der Waals surface area contributed by atoms with Crippen LogP contribution in [0.3, 0.4) is 0 Å². The summed E-state index contributed by atoms with van der Waals surface area (Å²) in [5, 5.41) is 3.13. The molecule has 1 unspecified atom stereocenters. The van der Waals surface area contributed by atoms with Crippen LogP contribution in [0.15, 0.2) is 41.0 Å². The van der Waals surface area contributed by atoms with Crippen molar-refractivity contribution in [1.29, 1.82) is 0 Å². The van der Waals surface area contributed by atoms with Gasteiger partial charge in [0.15, 0.2) is 0 Å². The molecule has 1 aromatic carbocycles. The molecule has 0 aliphatic heterocycles. The Morgan fingerprint density at radius 2 is 2.18 bits per heavy atom. The molecular formula is C18H22N2O2. The zero-order chi connectivity index (χ0) is 15.7. The highest BCUT2D eigenvalue weighted by molar-refractivity contribution is 5.94. The van der Waals surface area contributed by atoms with Gasteiger partial charge in [0, 0.05) is 0 Å². The van der Waals surface area contributed by atoms with E-state index in [2.05, 4.69) is 37.4 Å². The summed E-state index contributed by atoms with van der Waals surface area (Å²) in [6.45, 7) is 4.81. The SMILES string of the molecule is CC1(C)CCC(NC(=O)c2coc(CN)c2)c2ccccc21. The van der Waals surface area contributed by atoms with Gasteiger partial charge in [0.05, 0.1) is 18.2 Å². The van der Waals surface area contributed by atoms with Crippen molar-refractivity contribution in [3.05, 3.63) is 59.0 Å². The Bertz CT molecular complexity index is 688. The highest BCUT2D eigenvalue weighted by Crippen LogP contribution is 2.41. The van der Waals surface area contributed by atoms with Gasteiger partial charge in [0.1, 0.15) is 12.0 Å². The highest BCUT2D eigenvalue weighted by atomic mass is 16.3. The molecule has 0 saturated carbocycles. The van der Waals surface area contributed by atoms with Gasteiger partial charge in [-0.15, -0.1) is 0 Å². The zero-order valence-electron chi connectivity index (χ0n) is 13.1. The van der Waals surface area contributed by atoms with Crippen molar-refractivity contribution in [2.45, 2.75) is 44.7 Å². The first-order chi connectivity index (χ1) is 10.5. The normalized spacial score (nSPS) is 19.5. The summed E-state index contributed by atoms with van der Waals surface area (Å²) in [7, 11) is 0. The molecule has 0 saturated heterocycles. The van der Waals surface area contributed by atoms with Crippen LogP contribution >= 0.6 is 0 Å². The van der Waals surface area contributed by atoms with Crippen LogP contribution in [0.25, 0.3) is 0 Å². The first kappa shape index (κ1) is 14.9. The van der Waals surface area contributed by atoms with E-state index in [1.54, 1.807) is 6.07 Å². The van der Waals surface area contributed by atoms with E-state index in [1.807, 2.05) is 6.07 Å². The van der Waals surface area contributed by atoms with Crippen LogP contribution in [-0.2, 0) is 12.0 Å². The van der Waals surface area contributed by atoms with Gasteiger partial charge in [-0.3, -0.25) is 4.79 Å². The Morgan fingerprint density at radius 3 is 2.91 bits per heavy atom. The monoisotopic (exact) mass is 298 g/mol. The molecule has 1 amide bonds. The summed E-state index contributed by atoms with van der Waals surface area (Å²) < 4.78 is 5.24. The quantitative estimate of drug-likeness (QED) is 0.913. The number of amides is 1. The first-order valence-electron chi connectivity index (χ1n) is 7.69. The smallest absolute Gasteiger partial charge is 0.255 e. The first-order valence-corrected chi connectivity index (χ1v) is 7.69. The van der Waals surface area contributed by atoms with Crippen LogP contribution in [0.5, 0.6) is 0 Å². The van der Waals surface area contributed by atoms with Crippen LogP contribution in [0.4, 0.5) is 0 Å². The molecule has 0 bridgehead atoms. The number of rotatable bonds is 3. The van der Waals surface area contributed by atoms with E-state index in [0.29, 0.717) is 17.9 Å². The molecule has 4 nitrogen and oxygen atoms in total. The van der Waals surface area contributed by atoms with Gasteiger partial charge in [-0.05, 0) is 35.4 Å². The minimum Gasteiger partial charge on any atom is -0.467 e. The second-order valence-electron chi connectivity index (χ2n) is 6.54. The van der Waals surface area contributed by atoms with Gasteiger partial charge >= 0.3 is 0 Å². The fraction of sp³-hybridized carbons (Fsp3) is 0.389. The van der Waals surface area contributed by atoms with Crippen molar-refractivity contribution in [2.24, 2.45) is 5.73 Å². The maximum absolute atomic E-state index is 12.4. The number of carbonyl (C=O) groups is 1. The van der Waals surface area contributed by atoms with Gasteiger partial charge in [-0.1, -0.05) is 38.1 Å². The van der Waals surface area contributed by atoms with Crippen LogP contribution in [0.2, 0.25) is 0 Å². The van der Waals surface area contributed by atoms with Crippen molar-refractivity contribution in [1.82, 2.24) is 5.32 Å². The fourth-order valence-electron chi connectivity index (χ4n) is 3.21. The zero-order valence-corrected chi connectivity index (χ0v) is 13.1. The number of benzene rings is 1. The number of carbonyl (C=O) groups excluding carboxylic acids is 1. The molecule has 0 fully saturated rings. The van der Waals surface area contributed by atoms with Crippen molar-refractivity contribution in [2.75, 3.05) is 0 Å². The van der Waals surface area contributed by atoms with E-state index in [-0.39, 0.29) is 17.4 Å². The van der Waals surface area contributed by atoms with Crippen LogP contribution in [0, 0.1) is 0 Å². The standard InChI is InChI=1S/C18H22N2O2/c1-18(2)8-7-16(14-5-3-4-6-15(14)18)20-17(21)12-9-13(10-19)22-11-12/h3-6,9,11,16H,7-8,10,19H2,1-2H3,(H,20,21). The number of nitrogens with one attached hydrogen (secondary N) is 1. The Morgan fingerprint density at radius 1 is 1.41 bits per heavy atom. The molecule has 1 heterocycles. The summed E-state index contributed by atoms with van der Waals surface area (Å²) in [6.07, 6.45) is 3.46. The van der Waals surface area contributed by atoms with E-state index in [9.17, 15) is 4.79 Å². The second kappa shape index (κ2) is 5.61. The predicted molar refractivity (Wildman–Crippen MR) is 85.5 cm³/mol. The van der Waals surface area contributed by atoms with Crippen LogP contribution in [0.1, 0.15) is 60.0 Å². The maximum Gasteiger partial charge on any atom is 0.255 e. The van der Waals surface area contributed by atoms with Crippen LogP contribution in [-0.4, -0.2) is 5.91 Å². The molecule has 0 radical (unpaired) electrons. The van der Waals surface area contributed by atoms with Crippen LogP contribution < -0.4 is 11.1 Å². The Hall–Kier alpha value is -2.07. The molecule has 22 heavy (non-hydrogen) atoms. The molecule has 3 N–H and O–H groups in total. The molecule has 4 heteroatoms.